The molecule has 0 spiro atoms. The van der Waals surface area contributed by atoms with Crippen molar-refractivity contribution in [1.82, 2.24) is 4.90 Å². The van der Waals surface area contributed by atoms with Crippen LogP contribution >= 0.6 is 0 Å². The summed E-state index contributed by atoms with van der Waals surface area (Å²) >= 11 is 0. The van der Waals surface area contributed by atoms with Gasteiger partial charge in [-0.25, -0.2) is 0 Å². The lowest BCUT2D eigenvalue weighted by Crippen LogP contribution is -2.37. The zero-order valence-corrected chi connectivity index (χ0v) is 21.4. The van der Waals surface area contributed by atoms with Gasteiger partial charge in [-0.2, -0.15) is 0 Å². The molecule has 0 aliphatic carbocycles. The molecule has 1 aliphatic heterocycles. The number of Topliss-reactive ketones (excluding diaryl/α,β-unsaturated/α-hetero) is 1. The highest BCUT2D eigenvalue weighted by atomic mass is 16.5. The maximum Gasteiger partial charge on any atom is 0.203 e. The van der Waals surface area contributed by atoms with Gasteiger partial charge in [0.15, 0.2) is 28.8 Å². The quantitative estimate of drug-likeness (QED) is 0.494. The second-order valence-electron chi connectivity index (χ2n) is 7.82. The molecular weight excluding hydrogens is 450 g/mol. The van der Waals surface area contributed by atoms with Gasteiger partial charge in [-0.05, 0) is 43.0 Å². The molecule has 1 heterocycles. The number of benzene rings is 2. The number of rotatable bonds is 9. The Morgan fingerprint density at radius 1 is 0.657 bits per heavy atom. The molecule has 3 rings (SSSR count). The molecule has 2 aromatic rings. The third-order valence-electron chi connectivity index (χ3n) is 5.95. The Balaban J connectivity index is 2.10. The number of ketones is 1. The van der Waals surface area contributed by atoms with E-state index in [2.05, 4.69) is 11.8 Å². The van der Waals surface area contributed by atoms with Gasteiger partial charge in [0.05, 0.1) is 42.7 Å². The zero-order valence-electron chi connectivity index (χ0n) is 21.4. The summed E-state index contributed by atoms with van der Waals surface area (Å²) < 4.78 is 33.0. The number of carbonyl (C=O) groups is 1. The third-order valence-corrected chi connectivity index (χ3v) is 5.95. The number of carbonyl (C=O) groups excluding carboxylic acids is 1. The monoisotopic (exact) mass is 483 g/mol. The van der Waals surface area contributed by atoms with E-state index in [0.717, 1.165) is 17.7 Å². The fraction of sp³-hybridized carbons (Fsp3) is 0.370. The predicted molar refractivity (Wildman–Crippen MR) is 135 cm³/mol. The lowest BCUT2D eigenvalue weighted by atomic mass is 9.93. The molecule has 0 radical (unpaired) electrons. The Labute approximate surface area is 206 Å². The lowest BCUT2D eigenvalue weighted by Gasteiger charge is -2.29. The van der Waals surface area contributed by atoms with Crippen molar-refractivity contribution in [3.05, 3.63) is 46.5 Å². The molecular formula is C27H33NO7. The highest BCUT2D eigenvalue weighted by Gasteiger charge is 2.27. The van der Waals surface area contributed by atoms with Gasteiger partial charge in [0, 0.05) is 35.4 Å². The summed E-state index contributed by atoms with van der Waals surface area (Å²) in [6, 6.07) is 7.30. The molecule has 2 aromatic carbocycles. The van der Waals surface area contributed by atoms with Crippen molar-refractivity contribution in [3.8, 4) is 34.5 Å². The first kappa shape index (κ1) is 26.0. The molecule has 8 nitrogen and oxygen atoms in total. The maximum absolute atomic E-state index is 13.6. The third kappa shape index (κ3) is 5.22. The number of hydrogen-bond acceptors (Lipinski definition) is 8. The van der Waals surface area contributed by atoms with Crippen LogP contribution in [-0.2, 0) is 4.79 Å². The summed E-state index contributed by atoms with van der Waals surface area (Å²) in [5.74, 6) is 3.04. The Morgan fingerprint density at radius 3 is 1.37 bits per heavy atom. The molecule has 0 saturated carbocycles. The van der Waals surface area contributed by atoms with Crippen LogP contribution in [-0.4, -0.2) is 73.0 Å². The fourth-order valence-corrected chi connectivity index (χ4v) is 4.19. The second-order valence-corrected chi connectivity index (χ2v) is 7.82. The average molecular weight is 484 g/mol. The molecule has 1 saturated heterocycles. The van der Waals surface area contributed by atoms with Crippen LogP contribution in [0.25, 0.3) is 12.2 Å². The van der Waals surface area contributed by atoms with Crippen LogP contribution in [0.3, 0.4) is 0 Å². The van der Waals surface area contributed by atoms with Crippen LogP contribution in [0, 0.1) is 0 Å². The van der Waals surface area contributed by atoms with E-state index in [1.807, 2.05) is 24.3 Å². The molecule has 0 atom stereocenters. The highest BCUT2D eigenvalue weighted by Crippen LogP contribution is 2.42. The van der Waals surface area contributed by atoms with E-state index in [-0.39, 0.29) is 5.78 Å². The summed E-state index contributed by atoms with van der Waals surface area (Å²) in [5.41, 5.74) is 2.76. The summed E-state index contributed by atoms with van der Waals surface area (Å²) in [6.45, 7) is 3.90. The van der Waals surface area contributed by atoms with Crippen molar-refractivity contribution in [2.24, 2.45) is 0 Å². The Bertz CT molecular complexity index is 1050. The number of likely N-dealkylation sites (N-methyl/N-ethyl adjacent to an activating group) is 1. The number of nitrogens with zero attached hydrogens (tertiary/aromatic N) is 1. The number of ether oxygens (including phenoxy) is 6. The predicted octanol–water partition coefficient (Wildman–Crippen LogP) is 4.11. The molecule has 0 bridgehead atoms. The van der Waals surface area contributed by atoms with Crippen molar-refractivity contribution in [2.75, 3.05) is 62.3 Å². The van der Waals surface area contributed by atoms with Gasteiger partial charge >= 0.3 is 0 Å². The first-order valence-corrected chi connectivity index (χ1v) is 11.2. The molecule has 1 fully saturated rings. The van der Waals surface area contributed by atoms with Gasteiger partial charge < -0.3 is 28.4 Å². The SMILES string of the molecule is CCN1CC(=Cc2ccc(OC)c(OC)c2OC)C(=O)/C(=C/c2ccc(OC)c(OC)c2OC)C1. The van der Waals surface area contributed by atoms with E-state index in [1.54, 1.807) is 54.8 Å². The summed E-state index contributed by atoms with van der Waals surface area (Å²) in [7, 11) is 9.37. The van der Waals surface area contributed by atoms with Crippen molar-refractivity contribution in [1.29, 1.82) is 0 Å². The fourth-order valence-electron chi connectivity index (χ4n) is 4.19. The van der Waals surface area contributed by atoms with Crippen LogP contribution < -0.4 is 28.4 Å². The number of hydrogen-bond donors (Lipinski definition) is 0. The van der Waals surface area contributed by atoms with E-state index in [0.29, 0.717) is 58.7 Å². The van der Waals surface area contributed by atoms with Crippen LogP contribution in [0.5, 0.6) is 34.5 Å². The molecule has 1 aliphatic rings. The Hall–Kier alpha value is -3.65. The first-order valence-electron chi connectivity index (χ1n) is 11.2. The van der Waals surface area contributed by atoms with Crippen LogP contribution in [0.1, 0.15) is 18.1 Å². The van der Waals surface area contributed by atoms with E-state index in [4.69, 9.17) is 28.4 Å². The first-order chi connectivity index (χ1) is 17.0. The minimum atomic E-state index is -0.0385. The van der Waals surface area contributed by atoms with Gasteiger partial charge in [-0.3, -0.25) is 9.69 Å². The Morgan fingerprint density at radius 2 is 1.06 bits per heavy atom. The largest absolute Gasteiger partial charge is 0.493 e. The normalized spacial score (nSPS) is 16.4. The van der Waals surface area contributed by atoms with E-state index in [1.165, 1.54) is 0 Å². The average Bonchev–Trinajstić information content (AvgIpc) is 2.89. The molecule has 0 unspecified atom stereocenters. The molecule has 188 valence electrons. The molecule has 0 N–H and O–H groups in total. The number of likely N-dealkylation sites (tertiary alicyclic amines) is 1. The van der Waals surface area contributed by atoms with Gasteiger partial charge in [-0.15, -0.1) is 0 Å². The standard InChI is InChI=1S/C27H33NO7/c1-8-28-15-19(13-17-9-11-21(30-2)26(34-6)24(17)32-4)23(29)20(16-28)14-18-10-12-22(31-3)27(35-7)25(18)33-5/h9-14H,8,15-16H2,1-7H3/b19-13+,20-14?. The van der Waals surface area contributed by atoms with Crippen molar-refractivity contribution in [3.63, 3.8) is 0 Å². The van der Waals surface area contributed by atoms with Gasteiger partial charge in [0.1, 0.15) is 0 Å². The van der Waals surface area contributed by atoms with Crippen LogP contribution in [0.15, 0.2) is 35.4 Å². The van der Waals surface area contributed by atoms with Crippen molar-refractivity contribution >= 4 is 17.9 Å². The van der Waals surface area contributed by atoms with E-state index < -0.39 is 0 Å². The van der Waals surface area contributed by atoms with Gasteiger partial charge in [-0.1, -0.05) is 6.92 Å². The van der Waals surface area contributed by atoms with Crippen molar-refractivity contribution < 1.29 is 33.2 Å². The zero-order chi connectivity index (χ0) is 25.5. The number of piperidine rings is 1. The Kier molecular flexibility index (Phi) is 8.65. The summed E-state index contributed by atoms with van der Waals surface area (Å²) in [6.07, 6.45) is 3.70. The number of methoxy groups -OCH3 is 6. The highest BCUT2D eigenvalue weighted by molar-refractivity contribution is 6.15. The van der Waals surface area contributed by atoms with Crippen molar-refractivity contribution in [2.45, 2.75) is 6.92 Å². The summed E-state index contributed by atoms with van der Waals surface area (Å²) in [5, 5.41) is 0. The molecule has 35 heavy (non-hydrogen) atoms. The van der Waals surface area contributed by atoms with Gasteiger partial charge in [0.2, 0.25) is 11.5 Å². The van der Waals surface area contributed by atoms with E-state index in [9.17, 15) is 4.79 Å². The molecule has 0 aromatic heterocycles. The summed E-state index contributed by atoms with van der Waals surface area (Å²) in [4.78, 5) is 15.8. The molecule has 0 amide bonds. The molecule has 8 heteroatoms. The van der Waals surface area contributed by atoms with Crippen LogP contribution in [0.2, 0.25) is 0 Å². The minimum Gasteiger partial charge on any atom is -0.493 e. The second kappa shape index (κ2) is 11.7. The topological polar surface area (TPSA) is 75.7 Å². The van der Waals surface area contributed by atoms with Gasteiger partial charge in [0.25, 0.3) is 0 Å². The van der Waals surface area contributed by atoms with E-state index >= 15 is 0 Å². The minimum absolute atomic E-state index is 0.0385. The van der Waals surface area contributed by atoms with Crippen LogP contribution in [0.4, 0.5) is 0 Å². The maximum atomic E-state index is 13.6. The lowest BCUT2D eigenvalue weighted by molar-refractivity contribution is -0.113. The smallest absolute Gasteiger partial charge is 0.203 e.